The third-order valence-corrected chi connectivity index (χ3v) is 4.45. The van der Waals surface area contributed by atoms with E-state index in [0.717, 1.165) is 18.3 Å². The molecule has 0 radical (unpaired) electrons. The van der Waals surface area contributed by atoms with E-state index in [0.29, 0.717) is 12.1 Å². The van der Waals surface area contributed by atoms with Crippen LogP contribution in [0.4, 0.5) is 0 Å². The minimum absolute atomic E-state index is 0.578. The lowest BCUT2D eigenvalue weighted by atomic mass is 9.87. The van der Waals surface area contributed by atoms with Crippen LogP contribution in [0.5, 0.6) is 0 Å². The second-order valence-corrected chi connectivity index (χ2v) is 6.10. The van der Waals surface area contributed by atoms with Crippen molar-refractivity contribution >= 4 is 0 Å². The normalized spacial score (nSPS) is 28.8. The van der Waals surface area contributed by atoms with Crippen molar-refractivity contribution < 1.29 is 0 Å². The Hall–Kier alpha value is -0.970. The Kier molecular flexibility index (Phi) is 3.33. The molecule has 0 unspecified atom stereocenters. The summed E-state index contributed by atoms with van der Waals surface area (Å²) in [6.45, 7) is 3.26. The first-order valence-electron chi connectivity index (χ1n) is 7.21. The third kappa shape index (κ3) is 2.55. The summed E-state index contributed by atoms with van der Waals surface area (Å²) in [4.78, 5) is 2.44. The van der Waals surface area contributed by atoms with Crippen LogP contribution in [0.3, 0.4) is 0 Å². The first kappa shape index (κ1) is 12.1. The van der Waals surface area contributed by atoms with Crippen LogP contribution in [0, 0.1) is 5.92 Å². The lowest BCUT2D eigenvalue weighted by Crippen LogP contribution is -2.35. The van der Waals surface area contributed by atoms with Gasteiger partial charge in [0.25, 0.3) is 0 Å². The molecule has 0 amide bonds. The standard InChI is InChI=1S/C13H23N5/c1-10-3-5-11(6-4-10)17(2)9-13-14-15-16-18(13)12-7-8-12/h10-12H,3-9H2,1-2H3. The van der Waals surface area contributed by atoms with E-state index in [4.69, 9.17) is 0 Å². The second-order valence-electron chi connectivity index (χ2n) is 6.10. The van der Waals surface area contributed by atoms with Crippen molar-refractivity contribution in [1.82, 2.24) is 25.1 Å². The van der Waals surface area contributed by atoms with Gasteiger partial charge >= 0.3 is 0 Å². The third-order valence-electron chi connectivity index (χ3n) is 4.45. The van der Waals surface area contributed by atoms with Crippen LogP contribution < -0.4 is 0 Å². The maximum absolute atomic E-state index is 4.19. The van der Waals surface area contributed by atoms with Crippen LogP contribution in [0.15, 0.2) is 0 Å². The number of aromatic nitrogens is 4. The molecule has 0 atom stereocenters. The monoisotopic (exact) mass is 249 g/mol. The molecule has 18 heavy (non-hydrogen) atoms. The van der Waals surface area contributed by atoms with Gasteiger partial charge in [-0.1, -0.05) is 6.92 Å². The molecule has 100 valence electrons. The van der Waals surface area contributed by atoms with Crippen molar-refractivity contribution in [2.24, 2.45) is 5.92 Å². The van der Waals surface area contributed by atoms with Crippen LogP contribution in [0.25, 0.3) is 0 Å². The minimum atomic E-state index is 0.578. The quantitative estimate of drug-likeness (QED) is 0.819. The molecule has 2 aliphatic carbocycles. The average Bonchev–Trinajstić information content (AvgIpc) is 3.11. The van der Waals surface area contributed by atoms with Gasteiger partial charge in [-0.05, 0) is 61.9 Å². The Morgan fingerprint density at radius 3 is 2.56 bits per heavy atom. The largest absolute Gasteiger partial charge is 0.296 e. The van der Waals surface area contributed by atoms with Gasteiger partial charge in [0, 0.05) is 6.04 Å². The van der Waals surface area contributed by atoms with Gasteiger partial charge in [0.15, 0.2) is 5.82 Å². The van der Waals surface area contributed by atoms with Crippen molar-refractivity contribution in [3.05, 3.63) is 5.82 Å². The SMILES string of the molecule is CC1CCC(N(C)Cc2nnnn2C2CC2)CC1. The van der Waals surface area contributed by atoms with E-state index in [1.807, 2.05) is 4.68 Å². The molecular weight excluding hydrogens is 226 g/mol. The number of hydrogen-bond donors (Lipinski definition) is 0. The summed E-state index contributed by atoms with van der Waals surface area (Å²) in [5.74, 6) is 1.95. The van der Waals surface area contributed by atoms with Gasteiger partial charge in [0.05, 0.1) is 12.6 Å². The molecule has 2 aliphatic rings. The first-order valence-corrected chi connectivity index (χ1v) is 7.21. The summed E-state index contributed by atoms with van der Waals surface area (Å²) in [5.41, 5.74) is 0. The Balaban J connectivity index is 1.59. The molecule has 0 saturated heterocycles. The highest BCUT2D eigenvalue weighted by Gasteiger charge is 2.29. The van der Waals surface area contributed by atoms with E-state index >= 15 is 0 Å². The van der Waals surface area contributed by atoms with Gasteiger partial charge in [0.2, 0.25) is 0 Å². The van der Waals surface area contributed by atoms with Gasteiger partial charge in [0.1, 0.15) is 0 Å². The zero-order valence-corrected chi connectivity index (χ0v) is 11.4. The summed E-state index contributed by atoms with van der Waals surface area (Å²) < 4.78 is 2.03. The molecule has 2 saturated carbocycles. The van der Waals surface area contributed by atoms with Crippen molar-refractivity contribution in [2.75, 3.05) is 7.05 Å². The molecule has 0 spiro atoms. The number of tetrazole rings is 1. The maximum atomic E-state index is 4.19. The molecule has 2 fully saturated rings. The van der Waals surface area contributed by atoms with E-state index in [1.165, 1.54) is 38.5 Å². The number of rotatable bonds is 4. The van der Waals surface area contributed by atoms with E-state index in [1.54, 1.807) is 0 Å². The van der Waals surface area contributed by atoms with Crippen molar-refractivity contribution in [3.63, 3.8) is 0 Å². The Morgan fingerprint density at radius 1 is 1.17 bits per heavy atom. The fourth-order valence-electron chi connectivity index (χ4n) is 2.95. The summed E-state index contributed by atoms with van der Waals surface area (Å²) in [6.07, 6.45) is 7.85. The highest BCUT2D eigenvalue weighted by molar-refractivity contribution is 4.91. The molecule has 5 nitrogen and oxygen atoms in total. The molecule has 0 aliphatic heterocycles. The Labute approximate surface area is 109 Å². The molecule has 3 rings (SSSR count). The zero-order valence-electron chi connectivity index (χ0n) is 11.4. The van der Waals surface area contributed by atoms with Gasteiger partial charge in [-0.3, -0.25) is 4.90 Å². The molecule has 0 aromatic carbocycles. The molecule has 0 bridgehead atoms. The van der Waals surface area contributed by atoms with Crippen molar-refractivity contribution in [2.45, 2.75) is 64.1 Å². The molecule has 1 aromatic heterocycles. The highest BCUT2D eigenvalue weighted by atomic mass is 15.6. The van der Waals surface area contributed by atoms with Crippen LogP contribution in [0.2, 0.25) is 0 Å². The minimum Gasteiger partial charge on any atom is -0.296 e. The second kappa shape index (κ2) is 4.96. The molecule has 1 aromatic rings. The number of nitrogens with zero attached hydrogens (tertiary/aromatic N) is 5. The fraction of sp³-hybridized carbons (Fsp3) is 0.923. The Morgan fingerprint density at radius 2 is 1.89 bits per heavy atom. The Bertz CT molecular complexity index is 390. The summed E-state index contributed by atoms with van der Waals surface area (Å²) >= 11 is 0. The van der Waals surface area contributed by atoms with Crippen molar-refractivity contribution in [1.29, 1.82) is 0 Å². The summed E-state index contributed by atoms with van der Waals surface area (Å²) in [5, 5.41) is 12.1. The van der Waals surface area contributed by atoms with Gasteiger partial charge < -0.3 is 0 Å². The van der Waals surface area contributed by atoms with Crippen LogP contribution in [0.1, 0.15) is 57.3 Å². The molecule has 1 heterocycles. The highest BCUT2D eigenvalue weighted by Crippen LogP contribution is 2.35. The van der Waals surface area contributed by atoms with Crippen LogP contribution in [-0.4, -0.2) is 38.2 Å². The summed E-state index contributed by atoms with van der Waals surface area (Å²) in [7, 11) is 2.21. The lowest BCUT2D eigenvalue weighted by molar-refractivity contribution is 0.158. The van der Waals surface area contributed by atoms with Crippen LogP contribution in [-0.2, 0) is 6.54 Å². The van der Waals surface area contributed by atoms with E-state index in [2.05, 4.69) is 34.4 Å². The molecule has 0 N–H and O–H groups in total. The molecular formula is C13H23N5. The van der Waals surface area contributed by atoms with Gasteiger partial charge in [-0.15, -0.1) is 5.10 Å². The predicted molar refractivity (Wildman–Crippen MR) is 69.0 cm³/mol. The van der Waals surface area contributed by atoms with Crippen molar-refractivity contribution in [3.8, 4) is 0 Å². The lowest BCUT2D eigenvalue weighted by Gasteiger charge is -2.33. The maximum Gasteiger partial charge on any atom is 0.165 e. The summed E-state index contributed by atoms with van der Waals surface area (Å²) in [6, 6.07) is 1.29. The van der Waals surface area contributed by atoms with E-state index in [9.17, 15) is 0 Å². The van der Waals surface area contributed by atoms with E-state index in [-0.39, 0.29) is 0 Å². The smallest absolute Gasteiger partial charge is 0.165 e. The predicted octanol–water partition coefficient (Wildman–Crippen LogP) is 2.02. The number of hydrogen-bond acceptors (Lipinski definition) is 4. The average molecular weight is 249 g/mol. The van der Waals surface area contributed by atoms with Gasteiger partial charge in [-0.2, -0.15) is 0 Å². The molecule has 5 heteroatoms. The topological polar surface area (TPSA) is 46.8 Å². The first-order chi connectivity index (χ1) is 8.74. The van der Waals surface area contributed by atoms with Gasteiger partial charge in [-0.25, -0.2) is 4.68 Å². The van der Waals surface area contributed by atoms with Crippen LogP contribution >= 0.6 is 0 Å². The fourth-order valence-corrected chi connectivity index (χ4v) is 2.95. The zero-order chi connectivity index (χ0) is 12.5. The van der Waals surface area contributed by atoms with E-state index < -0.39 is 0 Å².